The van der Waals surface area contributed by atoms with E-state index in [1.807, 2.05) is 26.0 Å². The van der Waals surface area contributed by atoms with Gasteiger partial charge in [0.1, 0.15) is 11.3 Å². The van der Waals surface area contributed by atoms with Crippen LogP contribution in [-0.2, 0) is 13.0 Å². The van der Waals surface area contributed by atoms with Crippen LogP contribution in [0.25, 0.3) is 11.0 Å². The smallest absolute Gasteiger partial charge is 0.336 e. The third-order valence-corrected chi connectivity index (χ3v) is 5.00. The number of phenolic OH excluding ortho intramolecular Hbond substituents is 1. The molecule has 3 aromatic rings. The fourth-order valence-corrected chi connectivity index (χ4v) is 3.53. The van der Waals surface area contributed by atoms with E-state index in [0.717, 1.165) is 22.1 Å². The van der Waals surface area contributed by atoms with Gasteiger partial charge in [-0.1, -0.05) is 36.2 Å². The number of rotatable bonds is 5. The largest absolute Gasteiger partial charge is 0.508 e. The molecule has 3 rings (SSSR count). The van der Waals surface area contributed by atoms with Gasteiger partial charge in [-0.15, -0.1) is 0 Å². The summed E-state index contributed by atoms with van der Waals surface area (Å²) in [7, 11) is 0. The van der Waals surface area contributed by atoms with Gasteiger partial charge in [0.2, 0.25) is 0 Å². The number of halogens is 2. The van der Waals surface area contributed by atoms with Crippen molar-refractivity contribution in [2.75, 3.05) is 0 Å². The highest BCUT2D eigenvalue weighted by Gasteiger charge is 2.13. The van der Waals surface area contributed by atoms with Crippen LogP contribution in [0.2, 0.25) is 10.0 Å². The molecule has 0 spiro atoms. The van der Waals surface area contributed by atoms with Crippen LogP contribution in [0.1, 0.15) is 36.6 Å². The van der Waals surface area contributed by atoms with Crippen LogP contribution >= 0.6 is 23.2 Å². The zero-order valence-electron chi connectivity index (χ0n) is 14.5. The Kier molecular flexibility index (Phi) is 5.56. The number of nitrogens with one attached hydrogen (secondary N) is 1. The predicted molar refractivity (Wildman–Crippen MR) is 105 cm³/mol. The van der Waals surface area contributed by atoms with Gasteiger partial charge in [0.05, 0.1) is 0 Å². The first-order valence-electron chi connectivity index (χ1n) is 8.36. The molecule has 0 radical (unpaired) electrons. The van der Waals surface area contributed by atoms with Gasteiger partial charge in [0.15, 0.2) is 0 Å². The minimum atomic E-state index is -0.449. The van der Waals surface area contributed by atoms with E-state index in [2.05, 4.69) is 5.32 Å². The van der Waals surface area contributed by atoms with E-state index in [9.17, 15) is 9.90 Å². The van der Waals surface area contributed by atoms with Crippen LogP contribution in [0.15, 0.2) is 45.6 Å². The summed E-state index contributed by atoms with van der Waals surface area (Å²) >= 11 is 12.2. The number of hydrogen-bond acceptors (Lipinski definition) is 4. The summed E-state index contributed by atoms with van der Waals surface area (Å²) in [4.78, 5) is 11.9. The molecule has 2 aromatic carbocycles. The third kappa shape index (κ3) is 3.88. The minimum Gasteiger partial charge on any atom is -0.508 e. The second-order valence-electron chi connectivity index (χ2n) is 6.19. The highest BCUT2D eigenvalue weighted by molar-refractivity contribution is 6.35. The quantitative estimate of drug-likeness (QED) is 0.585. The van der Waals surface area contributed by atoms with Gasteiger partial charge in [0, 0.05) is 40.2 Å². The maximum absolute atomic E-state index is 11.9. The minimum absolute atomic E-state index is 0.0372. The first-order valence-corrected chi connectivity index (χ1v) is 9.11. The van der Waals surface area contributed by atoms with Gasteiger partial charge in [-0.25, -0.2) is 4.79 Å². The molecule has 0 unspecified atom stereocenters. The maximum atomic E-state index is 11.9. The molecular weight excluding hydrogens is 373 g/mol. The van der Waals surface area contributed by atoms with Crippen molar-refractivity contribution in [2.45, 2.75) is 32.9 Å². The molecule has 0 fully saturated rings. The normalized spacial score (nSPS) is 12.5. The molecule has 1 aromatic heterocycles. The van der Waals surface area contributed by atoms with Crippen LogP contribution < -0.4 is 10.9 Å². The van der Waals surface area contributed by atoms with E-state index < -0.39 is 5.63 Å². The molecule has 26 heavy (non-hydrogen) atoms. The first-order chi connectivity index (χ1) is 12.4. The lowest BCUT2D eigenvalue weighted by molar-refractivity contribution is 0.466. The molecule has 0 saturated carbocycles. The van der Waals surface area contributed by atoms with Crippen molar-refractivity contribution in [2.24, 2.45) is 0 Å². The van der Waals surface area contributed by atoms with E-state index in [1.165, 1.54) is 12.1 Å². The second-order valence-corrected chi connectivity index (χ2v) is 7.03. The van der Waals surface area contributed by atoms with Gasteiger partial charge < -0.3 is 14.8 Å². The average Bonchev–Trinajstić information content (AvgIpc) is 2.58. The van der Waals surface area contributed by atoms with Crippen molar-refractivity contribution in [3.05, 3.63) is 73.6 Å². The molecule has 4 nitrogen and oxygen atoms in total. The topological polar surface area (TPSA) is 62.5 Å². The molecule has 0 aliphatic rings. The molecule has 1 heterocycles. The van der Waals surface area contributed by atoms with Crippen LogP contribution in [0, 0.1) is 0 Å². The molecule has 0 aliphatic heterocycles. The van der Waals surface area contributed by atoms with Crippen molar-refractivity contribution in [1.82, 2.24) is 5.32 Å². The third-order valence-electron chi connectivity index (χ3n) is 4.44. The SMILES string of the molecule is CCc1cc2c(CN[C@@H](C)c3ccc(Cl)cc3Cl)cc(=O)oc2cc1O. The summed E-state index contributed by atoms with van der Waals surface area (Å²) in [5.41, 5.74) is 2.47. The van der Waals surface area contributed by atoms with E-state index in [-0.39, 0.29) is 11.8 Å². The Bertz CT molecular complexity index is 1010. The average molecular weight is 392 g/mol. The van der Waals surface area contributed by atoms with E-state index in [0.29, 0.717) is 28.6 Å². The summed E-state index contributed by atoms with van der Waals surface area (Å²) in [6, 6.07) is 10.2. The zero-order chi connectivity index (χ0) is 18.8. The second kappa shape index (κ2) is 7.70. The molecule has 0 bridgehead atoms. The van der Waals surface area contributed by atoms with Gasteiger partial charge in [-0.3, -0.25) is 0 Å². The van der Waals surface area contributed by atoms with E-state index in [1.54, 1.807) is 12.1 Å². The molecule has 0 amide bonds. The van der Waals surface area contributed by atoms with Crippen molar-refractivity contribution in [3.63, 3.8) is 0 Å². The van der Waals surface area contributed by atoms with Crippen molar-refractivity contribution >= 4 is 34.2 Å². The number of aromatic hydroxyl groups is 1. The standard InChI is InChI=1S/C20H19Cl2NO3/c1-3-12-6-16-13(7-20(25)26-19(16)9-18(12)24)10-23-11(2)15-5-4-14(21)8-17(15)22/h4-9,11,23-24H,3,10H2,1-2H3/t11-/m0/s1. The Morgan fingerprint density at radius 1 is 1.15 bits per heavy atom. The molecule has 0 aliphatic carbocycles. The highest BCUT2D eigenvalue weighted by Crippen LogP contribution is 2.29. The van der Waals surface area contributed by atoms with E-state index in [4.69, 9.17) is 27.6 Å². The predicted octanol–water partition coefficient (Wildman–Crippen LogP) is 5.22. The number of phenols is 1. The Morgan fingerprint density at radius 2 is 1.92 bits per heavy atom. The first kappa shape index (κ1) is 18.8. The fraction of sp³-hybridized carbons (Fsp3) is 0.250. The Balaban J connectivity index is 1.91. The summed E-state index contributed by atoms with van der Waals surface area (Å²) in [6.45, 7) is 4.41. The Labute approximate surface area is 161 Å². The van der Waals surface area contributed by atoms with Crippen LogP contribution in [-0.4, -0.2) is 5.11 Å². The van der Waals surface area contributed by atoms with Crippen LogP contribution in [0.4, 0.5) is 0 Å². The Morgan fingerprint density at radius 3 is 2.62 bits per heavy atom. The highest BCUT2D eigenvalue weighted by atomic mass is 35.5. The number of fused-ring (bicyclic) bond motifs is 1. The molecule has 6 heteroatoms. The van der Waals surface area contributed by atoms with Gasteiger partial charge in [-0.2, -0.15) is 0 Å². The summed E-state index contributed by atoms with van der Waals surface area (Å²) in [5, 5.41) is 15.4. The summed E-state index contributed by atoms with van der Waals surface area (Å²) in [5.74, 6) is 0.134. The zero-order valence-corrected chi connectivity index (χ0v) is 16.0. The van der Waals surface area contributed by atoms with Gasteiger partial charge in [-0.05, 0) is 48.2 Å². The molecule has 136 valence electrons. The van der Waals surface area contributed by atoms with Crippen LogP contribution in [0.5, 0.6) is 5.75 Å². The van der Waals surface area contributed by atoms with Crippen molar-refractivity contribution in [3.8, 4) is 5.75 Å². The molecular formula is C20H19Cl2NO3. The molecule has 1 atom stereocenters. The van der Waals surface area contributed by atoms with Gasteiger partial charge >= 0.3 is 5.63 Å². The molecule has 2 N–H and O–H groups in total. The van der Waals surface area contributed by atoms with Crippen LogP contribution in [0.3, 0.4) is 0 Å². The number of aryl methyl sites for hydroxylation is 1. The number of hydrogen-bond donors (Lipinski definition) is 2. The van der Waals surface area contributed by atoms with Gasteiger partial charge in [0.25, 0.3) is 0 Å². The lowest BCUT2D eigenvalue weighted by atomic mass is 10.0. The lowest BCUT2D eigenvalue weighted by Crippen LogP contribution is -2.19. The fourth-order valence-electron chi connectivity index (χ4n) is 2.96. The van der Waals surface area contributed by atoms with Crippen molar-refractivity contribution in [1.29, 1.82) is 0 Å². The molecule has 0 saturated heterocycles. The summed E-state index contributed by atoms with van der Waals surface area (Å²) < 4.78 is 5.23. The maximum Gasteiger partial charge on any atom is 0.336 e. The Hall–Kier alpha value is -2.01. The van der Waals surface area contributed by atoms with Crippen molar-refractivity contribution < 1.29 is 9.52 Å². The number of benzene rings is 2. The van der Waals surface area contributed by atoms with E-state index >= 15 is 0 Å². The lowest BCUT2D eigenvalue weighted by Gasteiger charge is -2.17. The monoisotopic (exact) mass is 391 g/mol. The summed E-state index contributed by atoms with van der Waals surface area (Å²) in [6.07, 6.45) is 0.685.